The van der Waals surface area contributed by atoms with Crippen LogP contribution in [0.25, 0.3) is 5.76 Å². The highest BCUT2D eigenvalue weighted by atomic mass is 79.9. The Hall–Kier alpha value is -3.38. The first-order valence-corrected chi connectivity index (χ1v) is 11.6. The lowest BCUT2D eigenvalue weighted by molar-refractivity contribution is -0.140. The number of hydrogen-bond donors (Lipinski definition) is 1. The fourth-order valence-electron chi connectivity index (χ4n) is 4.57. The molecule has 1 saturated heterocycles. The van der Waals surface area contributed by atoms with Crippen LogP contribution in [-0.4, -0.2) is 27.8 Å². The summed E-state index contributed by atoms with van der Waals surface area (Å²) in [6.07, 6.45) is 0.795. The number of likely N-dealkylation sites (tertiary alicyclic amines) is 1. The summed E-state index contributed by atoms with van der Waals surface area (Å²) < 4.78 is 6.59. The van der Waals surface area contributed by atoms with Gasteiger partial charge < -0.3 is 14.7 Å². The van der Waals surface area contributed by atoms with E-state index in [0.717, 1.165) is 33.3 Å². The highest BCUT2D eigenvalue weighted by Crippen LogP contribution is 2.41. The van der Waals surface area contributed by atoms with Crippen LogP contribution in [0.4, 0.5) is 0 Å². The number of ketones is 1. The third kappa shape index (κ3) is 3.95. The summed E-state index contributed by atoms with van der Waals surface area (Å²) in [6.45, 7) is 2.25. The molecule has 0 bridgehead atoms. The molecule has 0 saturated carbocycles. The second-order valence-corrected chi connectivity index (χ2v) is 9.34. The molecule has 1 N–H and O–H groups in total. The van der Waals surface area contributed by atoms with Crippen molar-refractivity contribution in [1.82, 2.24) is 4.90 Å². The first kappa shape index (κ1) is 21.5. The van der Waals surface area contributed by atoms with Gasteiger partial charge in [0.05, 0.1) is 11.6 Å². The standard InChI is InChI=1S/C27H22BrNO4/c1-16-12-20-13-19(10-11-22(20)33-16)25(30)23-24(18-8-5-9-21(28)14-18)29(27(32)26(23)31)15-17-6-3-2-4-7-17/h2-11,13-14,16,24,30H,12,15H2,1H3/b25-23-. The maximum atomic E-state index is 13.2. The zero-order chi connectivity index (χ0) is 23.1. The van der Waals surface area contributed by atoms with Crippen LogP contribution in [0.5, 0.6) is 5.75 Å². The molecular formula is C27H22BrNO4. The fraction of sp³-hybridized carbons (Fsp3) is 0.185. The van der Waals surface area contributed by atoms with Crippen LogP contribution in [0.2, 0.25) is 0 Å². The molecule has 0 aliphatic carbocycles. The number of hydrogen-bond acceptors (Lipinski definition) is 4. The number of nitrogens with zero attached hydrogens (tertiary/aromatic N) is 1. The van der Waals surface area contributed by atoms with Crippen LogP contribution >= 0.6 is 15.9 Å². The summed E-state index contributed by atoms with van der Waals surface area (Å²) in [4.78, 5) is 27.9. The molecule has 5 nitrogen and oxygen atoms in total. The summed E-state index contributed by atoms with van der Waals surface area (Å²) in [6, 6.07) is 21.7. The van der Waals surface area contributed by atoms with Crippen LogP contribution < -0.4 is 4.74 Å². The molecule has 0 spiro atoms. The lowest BCUT2D eigenvalue weighted by atomic mass is 9.94. The van der Waals surface area contributed by atoms with Gasteiger partial charge in [-0.3, -0.25) is 9.59 Å². The smallest absolute Gasteiger partial charge is 0.295 e. The van der Waals surface area contributed by atoms with Gasteiger partial charge in [-0.2, -0.15) is 0 Å². The molecule has 1 amide bonds. The van der Waals surface area contributed by atoms with Crippen molar-refractivity contribution in [3.8, 4) is 5.75 Å². The normalized spacial score (nSPS) is 21.2. The second kappa shape index (κ2) is 8.52. The molecule has 0 radical (unpaired) electrons. The first-order chi connectivity index (χ1) is 15.9. The molecule has 166 valence electrons. The highest BCUT2D eigenvalue weighted by molar-refractivity contribution is 9.10. The number of amides is 1. The van der Waals surface area contributed by atoms with E-state index in [9.17, 15) is 14.7 Å². The van der Waals surface area contributed by atoms with Gasteiger partial charge in [0, 0.05) is 23.0 Å². The van der Waals surface area contributed by atoms with Gasteiger partial charge in [0.15, 0.2) is 0 Å². The van der Waals surface area contributed by atoms with E-state index in [1.165, 1.54) is 4.90 Å². The minimum atomic E-state index is -0.703. The lowest BCUT2D eigenvalue weighted by Gasteiger charge is -2.25. The Morgan fingerprint density at radius 3 is 2.61 bits per heavy atom. The minimum Gasteiger partial charge on any atom is -0.507 e. The van der Waals surface area contributed by atoms with Crippen LogP contribution in [0.15, 0.2) is 82.8 Å². The third-order valence-electron chi connectivity index (χ3n) is 6.07. The van der Waals surface area contributed by atoms with E-state index >= 15 is 0 Å². The summed E-state index contributed by atoms with van der Waals surface area (Å²) in [5.74, 6) is -0.689. The largest absolute Gasteiger partial charge is 0.507 e. The van der Waals surface area contributed by atoms with E-state index in [2.05, 4.69) is 15.9 Å². The Bertz CT molecular complexity index is 1280. The minimum absolute atomic E-state index is 0.0653. The Morgan fingerprint density at radius 2 is 1.85 bits per heavy atom. The SMILES string of the molecule is CC1Cc2cc(/C(O)=C3/C(=O)C(=O)N(Cc4ccccc4)C3c3cccc(Br)c3)ccc2O1. The number of aliphatic hydroxyl groups is 1. The molecule has 1 fully saturated rings. The monoisotopic (exact) mass is 503 g/mol. The van der Waals surface area contributed by atoms with Gasteiger partial charge in [0.25, 0.3) is 11.7 Å². The number of rotatable bonds is 4. The van der Waals surface area contributed by atoms with Crippen LogP contribution in [-0.2, 0) is 22.6 Å². The van der Waals surface area contributed by atoms with E-state index in [-0.39, 0.29) is 24.0 Å². The third-order valence-corrected chi connectivity index (χ3v) is 6.56. The number of carbonyl (C=O) groups excluding carboxylic acids is 2. The number of fused-ring (bicyclic) bond motifs is 1. The van der Waals surface area contributed by atoms with E-state index in [4.69, 9.17) is 4.74 Å². The van der Waals surface area contributed by atoms with Crippen molar-refractivity contribution in [2.45, 2.75) is 32.0 Å². The van der Waals surface area contributed by atoms with Gasteiger partial charge in [-0.15, -0.1) is 0 Å². The summed E-state index contributed by atoms with van der Waals surface area (Å²) in [5.41, 5.74) is 3.23. The fourth-order valence-corrected chi connectivity index (χ4v) is 4.99. The highest BCUT2D eigenvalue weighted by Gasteiger charge is 2.46. The van der Waals surface area contributed by atoms with Crippen molar-refractivity contribution in [2.75, 3.05) is 0 Å². The van der Waals surface area contributed by atoms with Crippen molar-refractivity contribution in [3.05, 3.63) is 105 Å². The number of halogens is 1. The van der Waals surface area contributed by atoms with Crippen LogP contribution in [0.3, 0.4) is 0 Å². The first-order valence-electron chi connectivity index (χ1n) is 10.8. The molecule has 2 heterocycles. The van der Waals surface area contributed by atoms with Crippen LogP contribution in [0, 0.1) is 0 Å². The molecule has 2 atom stereocenters. The molecule has 5 rings (SSSR count). The Morgan fingerprint density at radius 1 is 1.06 bits per heavy atom. The number of Topliss-reactive ketones (excluding diaryl/α,β-unsaturated/α-hetero) is 1. The predicted molar refractivity (Wildman–Crippen MR) is 129 cm³/mol. The van der Waals surface area contributed by atoms with Gasteiger partial charge in [-0.1, -0.05) is 58.4 Å². The van der Waals surface area contributed by atoms with Gasteiger partial charge >= 0.3 is 0 Å². The van der Waals surface area contributed by atoms with Crippen molar-refractivity contribution in [2.24, 2.45) is 0 Å². The number of benzene rings is 3. The predicted octanol–water partition coefficient (Wildman–Crippen LogP) is 5.39. The zero-order valence-corrected chi connectivity index (χ0v) is 19.6. The topological polar surface area (TPSA) is 66.8 Å². The van der Waals surface area contributed by atoms with Crippen LogP contribution in [0.1, 0.15) is 35.2 Å². The Kier molecular flexibility index (Phi) is 5.54. The second-order valence-electron chi connectivity index (χ2n) is 8.42. The molecule has 6 heteroatoms. The molecule has 2 unspecified atom stereocenters. The molecule has 33 heavy (non-hydrogen) atoms. The summed E-state index contributed by atoms with van der Waals surface area (Å²) >= 11 is 3.49. The van der Waals surface area contributed by atoms with Gasteiger partial charge in [-0.25, -0.2) is 0 Å². The number of aliphatic hydroxyl groups excluding tert-OH is 1. The summed E-state index contributed by atoms with van der Waals surface area (Å²) in [5, 5.41) is 11.3. The van der Waals surface area contributed by atoms with Gasteiger partial charge in [0.2, 0.25) is 0 Å². The molecule has 2 aliphatic rings. The lowest BCUT2D eigenvalue weighted by Crippen LogP contribution is -2.29. The molecule has 2 aliphatic heterocycles. The van der Waals surface area contributed by atoms with E-state index in [1.807, 2.05) is 73.7 Å². The molecule has 3 aromatic carbocycles. The average Bonchev–Trinajstić information content (AvgIpc) is 3.30. The molecule has 0 aromatic heterocycles. The average molecular weight is 504 g/mol. The van der Waals surface area contributed by atoms with E-state index in [0.29, 0.717) is 5.56 Å². The maximum Gasteiger partial charge on any atom is 0.295 e. The number of carbonyl (C=O) groups is 2. The number of ether oxygens (including phenoxy) is 1. The van der Waals surface area contributed by atoms with Crippen molar-refractivity contribution >= 4 is 33.4 Å². The van der Waals surface area contributed by atoms with Crippen molar-refractivity contribution in [1.29, 1.82) is 0 Å². The Balaban J connectivity index is 1.64. The van der Waals surface area contributed by atoms with Gasteiger partial charge in [-0.05, 0) is 53.9 Å². The Labute approximate surface area is 200 Å². The zero-order valence-electron chi connectivity index (χ0n) is 18.0. The van der Waals surface area contributed by atoms with E-state index in [1.54, 1.807) is 6.07 Å². The van der Waals surface area contributed by atoms with Crippen molar-refractivity contribution < 1.29 is 19.4 Å². The van der Waals surface area contributed by atoms with Crippen molar-refractivity contribution in [3.63, 3.8) is 0 Å². The summed E-state index contributed by atoms with van der Waals surface area (Å²) in [7, 11) is 0. The quantitative estimate of drug-likeness (QED) is 0.294. The molecule has 3 aromatic rings. The molecular weight excluding hydrogens is 482 g/mol. The van der Waals surface area contributed by atoms with E-state index < -0.39 is 17.7 Å². The van der Waals surface area contributed by atoms with Gasteiger partial charge in [0.1, 0.15) is 17.6 Å². The maximum absolute atomic E-state index is 13.2.